The molecule has 0 saturated carbocycles. The number of nitrogens with one attached hydrogen (secondary N) is 1. The molecule has 0 heterocycles. The highest BCUT2D eigenvalue weighted by molar-refractivity contribution is 9.10. The normalized spacial score (nSPS) is 19.8. The van der Waals surface area contributed by atoms with Crippen LogP contribution in [0.1, 0.15) is 19.3 Å². The van der Waals surface area contributed by atoms with E-state index in [2.05, 4.69) is 33.4 Å². The van der Waals surface area contributed by atoms with Gasteiger partial charge in [-0.3, -0.25) is 0 Å². The lowest BCUT2D eigenvalue weighted by atomic mass is 9.94. The van der Waals surface area contributed by atoms with Crippen molar-refractivity contribution in [2.45, 2.75) is 19.3 Å². The van der Waals surface area contributed by atoms with E-state index in [1.807, 2.05) is 18.2 Å². The Hall–Kier alpha value is -0.470. The maximum atomic E-state index is 6.14. The molecular weight excluding hydrogens is 286 g/mol. The van der Waals surface area contributed by atoms with Crippen molar-refractivity contribution in [3.63, 3.8) is 0 Å². The van der Waals surface area contributed by atoms with Gasteiger partial charge >= 0.3 is 0 Å². The summed E-state index contributed by atoms with van der Waals surface area (Å²) in [5, 5.41) is 4.20. The van der Waals surface area contributed by atoms with E-state index in [0.717, 1.165) is 27.6 Å². The Bertz CT molecular complexity index is 390. The van der Waals surface area contributed by atoms with Gasteiger partial charge in [0.05, 0.1) is 10.7 Å². The molecular formula is C13H15BrClN. The van der Waals surface area contributed by atoms with Crippen molar-refractivity contribution in [2.75, 3.05) is 11.9 Å². The Kier molecular flexibility index (Phi) is 4.30. The zero-order valence-electron chi connectivity index (χ0n) is 9.05. The molecule has 1 N–H and O–H groups in total. The molecule has 0 radical (unpaired) electrons. The molecule has 1 aromatic carbocycles. The fraction of sp³-hybridized carbons (Fsp3) is 0.385. The van der Waals surface area contributed by atoms with E-state index in [0.29, 0.717) is 0 Å². The zero-order valence-corrected chi connectivity index (χ0v) is 11.4. The summed E-state index contributed by atoms with van der Waals surface area (Å²) >= 11 is 9.54. The number of anilines is 1. The van der Waals surface area contributed by atoms with Crippen molar-refractivity contribution >= 4 is 33.2 Å². The fourth-order valence-corrected chi connectivity index (χ4v) is 2.67. The van der Waals surface area contributed by atoms with Crippen molar-refractivity contribution in [3.8, 4) is 0 Å². The molecule has 1 aliphatic carbocycles. The van der Waals surface area contributed by atoms with Crippen molar-refractivity contribution < 1.29 is 0 Å². The molecule has 16 heavy (non-hydrogen) atoms. The van der Waals surface area contributed by atoms with Crippen molar-refractivity contribution in [3.05, 3.63) is 39.8 Å². The first kappa shape index (κ1) is 12.0. The molecule has 0 saturated heterocycles. The first-order valence-electron chi connectivity index (χ1n) is 5.59. The maximum absolute atomic E-state index is 6.14. The number of benzene rings is 1. The fourth-order valence-electron chi connectivity index (χ4n) is 1.93. The second-order valence-electron chi connectivity index (χ2n) is 4.16. The highest BCUT2D eigenvalue weighted by Gasteiger charge is 2.10. The summed E-state index contributed by atoms with van der Waals surface area (Å²) in [5.74, 6) is 0.740. The highest BCUT2D eigenvalue weighted by Crippen LogP contribution is 2.26. The minimum Gasteiger partial charge on any atom is -0.384 e. The van der Waals surface area contributed by atoms with Crippen LogP contribution in [0.15, 0.2) is 34.8 Å². The Balaban J connectivity index is 1.91. The minimum absolute atomic E-state index is 0.740. The van der Waals surface area contributed by atoms with Gasteiger partial charge in [-0.2, -0.15) is 0 Å². The molecule has 1 aliphatic rings. The second-order valence-corrected chi connectivity index (χ2v) is 5.48. The number of halogens is 2. The van der Waals surface area contributed by atoms with Crippen LogP contribution in [0, 0.1) is 5.92 Å². The first-order valence-corrected chi connectivity index (χ1v) is 6.77. The third-order valence-electron chi connectivity index (χ3n) is 2.89. The summed E-state index contributed by atoms with van der Waals surface area (Å²) in [6, 6.07) is 5.95. The van der Waals surface area contributed by atoms with E-state index in [1.165, 1.54) is 19.3 Å². The zero-order chi connectivity index (χ0) is 11.4. The van der Waals surface area contributed by atoms with Gasteiger partial charge < -0.3 is 5.32 Å². The lowest BCUT2D eigenvalue weighted by molar-refractivity contribution is 0.504. The quantitative estimate of drug-likeness (QED) is 0.785. The van der Waals surface area contributed by atoms with E-state index < -0.39 is 0 Å². The van der Waals surface area contributed by atoms with Crippen LogP contribution in [0.4, 0.5) is 5.69 Å². The summed E-state index contributed by atoms with van der Waals surface area (Å²) in [6.07, 6.45) is 8.21. The third-order valence-corrected chi connectivity index (χ3v) is 3.70. The van der Waals surface area contributed by atoms with Crippen LogP contribution in [-0.2, 0) is 0 Å². The van der Waals surface area contributed by atoms with Gasteiger partial charge in [-0.1, -0.05) is 39.7 Å². The molecule has 0 fully saturated rings. The van der Waals surface area contributed by atoms with Crippen LogP contribution < -0.4 is 5.32 Å². The molecule has 1 atom stereocenters. The number of hydrogen-bond donors (Lipinski definition) is 1. The maximum Gasteiger partial charge on any atom is 0.0648 e. The lowest BCUT2D eigenvalue weighted by Gasteiger charge is -2.19. The molecule has 1 nitrogen and oxygen atoms in total. The van der Waals surface area contributed by atoms with Crippen LogP contribution >= 0.6 is 27.5 Å². The molecule has 0 amide bonds. The second kappa shape index (κ2) is 5.74. The predicted octanol–water partition coefficient (Wildman–Crippen LogP) is 4.87. The molecule has 0 spiro atoms. The van der Waals surface area contributed by atoms with Gasteiger partial charge in [-0.25, -0.2) is 0 Å². The summed E-state index contributed by atoms with van der Waals surface area (Å²) in [6.45, 7) is 1.01. The minimum atomic E-state index is 0.740. The van der Waals surface area contributed by atoms with E-state index in [9.17, 15) is 0 Å². The Labute approximate surface area is 110 Å². The van der Waals surface area contributed by atoms with Gasteiger partial charge in [-0.05, 0) is 43.4 Å². The Morgan fingerprint density at radius 3 is 2.94 bits per heavy atom. The molecule has 1 unspecified atom stereocenters. The number of allylic oxidation sites excluding steroid dienone is 2. The molecule has 1 aromatic rings. The van der Waals surface area contributed by atoms with Crippen LogP contribution in [-0.4, -0.2) is 6.54 Å². The SMILES string of the molecule is Clc1cc(Br)ccc1NCC1CC=CCC1. The van der Waals surface area contributed by atoms with E-state index >= 15 is 0 Å². The number of rotatable bonds is 3. The van der Waals surface area contributed by atoms with Gasteiger partial charge in [0.25, 0.3) is 0 Å². The van der Waals surface area contributed by atoms with E-state index in [1.54, 1.807) is 0 Å². The molecule has 3 heteroatoms. The van der Waals surface area contributed by atoms with Crippen LogP contribution in [0.2, 0.25) is 5.02 Å². The van der Waals surface area contributed by atoms with Crippen LogP contribution in [0.3, 0.4) is 0 Å². The van der Waals surface area contributed by atoms with Gasteiger partial charge in [0.2, 0.25) is 0 Å². The van der Waals surface area contributed by atoms with E-state index in [-0.39, 0.29) is 0 Å². The van der Waals surface area contributed by atoms with E-state index in [4.69, 9.17) is 11.6 Å². The summed E-state index contributed by atoms with van der Waals surface area (Å²) in [7, 11) is 0. The van der Waals surface area contributed by atoms with Gasteiger partial charge in [-0.15, -0.1) is 0 Å². The molecule has 0 aromatic heterocycles. The predicted molar refractivity (Wildman–Crippen MR) is 74.1 cm³/mol. The highest BCUT2D eigenvalue weighted by atomic mass is 79.9. The lowest BCUT2D eigenvalue weighted by Crippen LogP contribution is -2.15. The van der Waals surface area contributed by atoms with Crippen LogP contribution in [0.5, 0.6) is 0 Å². The molecule has 2 rings (SSSR count). The van der Waals surface area contributed by atoms with Crippen molar-refractivity contribution in [1.29, 1.82) is 0 Å². The van der Waals surface area contributed by atoms with Crippen molar-refractivity contribution in [2.24, 2.45) is 5.92 Å². The largest absolute Gasteiger partial charge is 0.384 e. The smallest absolute Gasteiger partial charge is 0.0648 e. The monoisotopic (exact) mass is 299 g/mol. The Morgan fingerprint density at radius 2 is 2.25 bits per heavy atom. The first-order chi connectivity index (χ1) is 7.75. The topological polar surface area (TPSA) is 12.0 Å². The molecule has 0 bridgehead atoms. The average molecular weight is 301 g/mol. The van der Waals surface area contributed by atoms with Gasteiger partial charge in [0, 0.05) is 11.0 Å². The summed E-state index contributed by atoms with van der Waals surface area (Å²) in [5.41, 5.74) is 1.03. The third kappa shape index (κ3) is 3.26. The van der Waals surface area contributed by atoms with Crippen LogP contribution in [0.25, 0.3) is 0 Å². The van der Waals surface area contributed by atoms with Gasteiger partial charge in [0.15, 0.2) is 0 Å². The Morgan fingerprint density at radius 1 is 1.38 bits per heavy atom. The van der Waals surface area contributed by atoms with Crippen molar-refractivity contribution in [1.82, 2.24) is 0 Å². The van der Waals surface area contributed by atoms with Gasteiger partial charge in [0.1, 0.15) is 0 Å². The molecule has 0 aliphatic heterocycles. The average Bonchev–Trinajstić information content (AvgIpc) is 2.29. The standard InChI is InChI=1S/C13H15BrClN/c14-11-6-7-13(12(15)8-11)16-9-10-4-2-1-3-5-10/h1-2,6-8,10,16H,3-5,9H2. The summed E-state index contributed by atoms with van der Waals surface area (Å²) in [4.78, 5) is 0. The molecule has 86 valence electrons. The summed E-state index contributed by atoms with van der Waals surface area (Å²) < 4.78 is 1.02. The number of hydrogen-bond acceptors (Lipinski definition) is 1.